The normalized spacial score (nSPS) is 11.7. The van der Waals surface area contributed by atoms with Gasteiger partial charge in [-0.05, 0) is 49.7 Å². The molecule has 7 nitrogen and oxygen atoms in total. The summed E-state index contributed by atoms with van der Waals surface area (Å²) in [6.07, 6.45) is 0.838. The first-order valence-corrected chi connectivity index (χ1v) is 9.80. The maximum Gasteiger partial charge on any atom is 0.251 e. The number of hydrogen-bond acceptors (Lipinski definition) is 5. The minimum absolute atomic E-state index is 0.103. The molecule has 30 heavy (non-hydrogen) atoms. The highest BCUT2D eigenvalue weighted by molar-refractivity contribution is 5.94. The lowest BCUT2D eigenvalue weighted by atomic mass is 10.2. The van der Waals surface area contributed by atoms with E-state index in [1.54, 1.807) is 38.5 Å². The van der Waals surface area contributed by atoms with Gasteiger partial charge in [-0.1, -0.05) is 12.1 Å². The molecule has 1 atom stereocenters. The van der Waals surface area contributed by atoms with Gasteiger partial charge in [0.2, 0.25) is 5.91 Å². The van der Waals surface area contributed by atoms with Gasteiger partial charge in [-0.25, -0.2) is 0 Å². The zero-order chi connectivity index (χ0) is 21.5. The van der Waals surface area contributed by atoms with Gasteiger partial charge in [0.1, 0.15) is 11.5 Å². The van der Waals surface area contributed by atoms with E-state index in [2.05, 4.69) is 10.6 Å². The Hall–Kier alpha value is -3.48. The number of methoxy groups -OCH3 is 2. The Bertz CT molecular complexity index is 1010. The molecule has 2 N–H and O–H groups in total. The zero-order valence-corrected chi connectivity index (χ0v) is 17.4. The van der Waals surface area contributed by atoms with Crippen LogP contribution in [0.1, 0.15) is 41.9 Å². The van der Waals surface area contributed by atoms with Crippen molar-refractivity contribution < 1.29 is 23.5 Å². The molecule has 0 saturated carbocycles. The van der Waals surface area contributed by atoms with E-state index in [1.807, 2.05) is 31.2 Å². The summed E-state index contributed by atoms with van der Waals surface area (Å²) in [5.41, 5.74) is 1.21. The molecule has 0 aliphatic heterocycles. The Kier molecular flexibility index (Phi) is 6.95. The van der Waals surface area contributed by atoms with Crippen LogP contribution in [0.25, 0.3) is 11.0 Å². The van der Waals surface area contributed by atoms with Crippen molar-refractivity contribution >= 4 is 22.8 Å². The maximum absolute atomic E-state index is 12.2. The molecule has 3 aromatic rings. The van der Waals surface area contributed by atoms with E-state index in [-0.39, 0.29) is 17.9 Å². The van der Waals surface area contributed by atoms with Gasteiger partial charge in [0.15, 0.2) is 11.3 Å². The number of ether oxygens (including phenoxy) is 2. The number of para-hydroxylation sites is 1. The Labute approximate surface area is 175 Å². The van der Waals surface area contributed by atoms with Gasteiger partial charge in [-0.3, -0.25) is 9.59 Å². The average molecular weight is 410 g/mol. The van der Waals surface area contributed by atoms with Gasteiger partial charge < -0.3 is 24.5 Å². The molecule has 0 spiro atoms. The van der Waals surface area contributed by atoms with Crippen LogP contribution in [0, 0.1) is 0 Å². The molecule has 1 heterocycles. The van der Waals surface area contributed by atoms with Crippen molar-refractivity contribution in [1.29, 1.82) is 0 Å². The topological polar surface area (TPSA) is 89.8 Å². The monoisotopic (exact) mass is 410 g/mol. The summed E-state index contributed by atoms with van der Waals surface area (Å²) in [5.74, 6) is 1.73. The van der Waals surface area contributed by atoms with Crippen LogP contribution < -0.4 is 20.1 Å². The molecule has 3 rings (SSSR count). The van der Waals surface area contributed by atoms with E-state index >= 15 is 0 Å². The van der Waals surface area contributed by atoms with Crippen LogP contribution in [0.4, 0.5) is 0 Å². The number of amides is 2. The first-order valence-electron chi connectivity index (χ1n) is 9.80. The molecule has 0 bridgehead atoms. The van der Waals surface area contributed by atoms with Crippen molar-refractivity contribution in [3.05, 3.63) is 59.9 Å². The lowest BCUT2D eigenvalue weighted by molar-refractivity contribution is -0.121. The number of carbonyl (C=O) groups is 2. The standard InChI is InChI=1S/C23H26N2O5/c1-15(20-14-17-6-4-7-19(29-3)22(17)30-20)25-21(26)8-5-13-24-23(27)16-9-11-18(28-2)12-10-16/h4,6-7,9-12,14-15H,5,8,13H2,1-3H3,(H,24,27)(H,25,26). The lowest BCUT2D eigenvalue weighted by Gasteiger charge is -2.11. The number of rotatable bonds is 9. The number of hydrogen-bond donors (Lipinski definition) is 2. The minimum atomic E-state index is -0.275. The third kappa shape index (κ3) is 5.11. The smallest absolute Gasteiger partial charge is 0.251 e. The second-order valence-electron chi connectivity index (χ2n) is 6.90. The molecule has 0 radical (unpaired) electrons. The van der Waals surface area contributed by atoms with E-state index in [9.17, 15) is 9.59 Å². The van der Waals surface area contributed by atoms with Crippen LogP contribution in [0.5, 0.6) is 11.5 Å². The van der Waals surface area contributed by atoms with Crippen molar-refractivity contribution in [3.8, 4) is 11.5 Å². The van der Waals surface area contributed by atoms with Crippen molar-refractivity contribution in [2.75, 3.05) is 20.8 Å². The highest BCUT2D eigenvalue weighted by atomic mass is 16.5. The molecule has 7 heteroatoms. The first-order chi connectivity index (χ1) is 14.5. The number of benzene rings is 2. The summed E-state index contributed by atoms with van der Waals surface area (Å²) in [6, 6.07) is 14.2. The molecule has 0 fully saturated rings. The van der Waals surface area contributed by atoms with Gasteiger partial charge in [0.25, 0.3) is 5.91 Å². The number of carbonyl (C=O) groups excluding carboxylic acids is 2. The summed E-state index contributed by atoms with van der Waals surface area (Å²) in [5, 5.41) is 6.66. The largest absolute Gasteiger partial charge is 0.497 e. The number of furan rings is 1. The zero-order valence-electron chi connectivity index (χ0n) is 17.4. The molecule has 0 aliphatic carbocycles. The average Bonchev–Trinajstić information content (AvgIpc) is 3.21. The fourth-order valence-electron chi connectivity index (χ4n) is 3.11. The molecular weight excluding hydrogens is 384 g/mol. The maximum atomic E-state index is 12.2. The van der Waals surface area contributed by atoms with Crippen molar-refractivity contribution in [3.63, 3.8) is 0 Å². The summed E-state index contributed by atoms with van der Waals surface area (Å²) < 4.78 is 16.3. The molecule has 1 aromatic heterocycles. The number of nitrogens with one attached hydrogen (secondary N) is 2. The lowest BCUT2D eigenvalue weighted by Crippen LogP contribution is -2.28. The highest BCUT2D eigenvalue weighted by Crippen LogP contribution is 2.30. The molecule has 158 valence electrons. The number of fused-ring (bicyclic) bond motifs is 1. The van der Waals surface area contributed by atoms with Crippen molar-refractivity contribution in [2.24, 2.45) is 0 Å². The van der Waals surface area contributed by atoms with Gasteiger partial charge in [-0.15, -0.1) is 0 Å². The summed E-state index contributed by atoms with van der Waals surface area (Å²) >= 11 is 0. The van der Waals surface area contributed by atoms with Gasteiger partial charge >= 0.3 is 0 Å². The Morgan fingerprint density at radius 3 is 2.53 bits per heavy atom. The molecule has 0 aliphatic rings. The van der Waals surface area contributed by atoms with Crippen LogP contribution in [0.2, 0.25) is 0 Å². The second kappa shape index (κ2) is 9.82. The van der Waals surface area contributed by atoms with Crippen LogP contribution in [0.3, 0.4) is 0 Å². The minimum Gasteiger partial charge on any atom is -0.497 e. The van der Waals surface area contributed by atoms with Crippen molar-refractivity contribution in [2.45, 2.75) is 25.8 Å². The SMILES string of the molecule is COc1ccc(C(=O)NCCCC(=O)NC(C)c2cc3cccc(OC)c3o2)cc1. The predicted molar refractivity (Wildman–Crippen MR) is 114 cm³/mol. The van der Waals surface area contributed by atoms with Crippen LogP contribution in [-0.2, 0) is 4.79 Å². The summed E-state index contributed by atoms with van der Waals surface area (Å²) in [7, 11) is 3.17. The van der Waals surface area contributed by atoms with E-state index in [1.165, 1.54) is 0 Å². The van der Waals surface area contributed by atoms with Crippen molar-refractivity contribution in [1.82, 2.24) is 10.6 Å². The Morgan fingerprint density at radius 2 is 1.83 bits per heavy atom. The van der Waals surface area contributed by atoms with Crippen LogP contribution >= 0.6 is 0 Å². The first kappa shape index (κ1) is 21.2. The highest BCUT2D eigenvalue weighted by Gasteiger charge is 2.16. The predicted octanol–water partition coefficient (Wildman–Crippen LogP) is 3.84. The van der Waals surface area contributed by atoms with E-state index in [0.717, 1.165) is 5.39 Å². The van der Waals surface area contributed by atoms with Crippen LogP contribution in [0.15, 0.2) is 52.9 Å². The third-order valence-electron chi connectivity index (χ3n) is 4.77. The molecule has 2 amide bonds. The van der Waals surface area contributed by atoms with Gasteiger partial charge in [-0.2, -0.15) is 0 Å². The fourth-order valence-corrected chi connectivity index (χ4v) is 3.11. The summed E-state index contributed by atoms with van der Waals surface area (Å²) in [4.78, 5) is 24.4. The molecule has 1 unspecified atom stereocenters. The van der Waals surface area contributed by atoms with Crippen LogP contribution in [-0.4, -0.2) is 32.6 Å². The molecular formula is C23H26N2O5. The van der Waals surface area contributed by atoms with E-state index in [4.69, 9.17) is 13.9 Å². The Morgan fingerprint density at radius 1 is 1.07 bits per heavy atom. The second-order valence-corrected chi connectivity index (χ2v) is 6.90. The Balaban J connectivity index is 1.44. The molecule has 2 aromatic carbocycles. The van der Waals surface area contributed by atoms with E-state index < -0.39 is 0 Å². The molecule has 0 saturated heterocycles. The van der Waals surface area contributed by atoms with E-state index in [0.29, 0.717) is 47.8 Å². The fraction of sp³-hybridized carbons (Fsp3) is 0.304. The van der Waals surface area contributed by atoms with Gasteiger partial charge in [0, 0.05) is 23.9 Å². The van der Waals surface area contributed by atoms with Gasteiger partial charge in [0.05, 0.1) is 20.3 Å². The quantitative estimate of drug-likeness (QED) is 0.523. The summed E-state index contributed by atoms with van der Waals surface area (Å²) in [6.45, 7) is 2.28. The third-order valence-corrected chi connectivity index (χ3v) is 4.77.